The first-order valence-corrected chi connectivity index (χ1v) is 10.2. The SMILES string of the molecule is CN=C(NCCCCN1CCCC1)NCCOC1CCCCCC1. The van der Waals surface area contributed by atoms with Crippen LogP contribution in [0.3, 0.4) is 0 Å². The fourth-order valence-electron chi connectivity index (χ4n) is 3.70. The van der Waals surface area contributed by atoms with Crippen LogP contribution in [0.2, 0.25) is 0 Å². The van der Waals surface area contributed by atoms with Gasteiger partial charge in [0.2, 0.25) is 0 Å². The highest BCUT2D eigenvalue weighted by Crippen LogP contribution is 2.19. The van der Waals surface area contributed by atoms with Crippen LogP contribution in [0.1, 0.15) is 64.2 Å². The van der Waals surface area contributed by atoms with E-state index in [1.165, 1.54) is 83.8 Å². The number of guanidine groups is 1. The van der Waals surface area contributed by atoms with Gasteiger partial charge in [-0.3, -0.25) is 4.99 Å². The molecule has 2 N–H and O–H groups in total. The zero-order valence-electron chi connectivity index (χ0n) is 15.7. The highest BCUT2D eigenvalue weighted by Gasteiger charge is 2.12. The summed E-state index contributed by atoms with van der Waals surface area (Å²) in [5.41, 5.74) is 0. The number of hydrogen-bond donors (Lipinski definition) is 2. The van der Waals surface area contributed by atoms with E-state index in [1.807, 2.05) is 7.05 Å². The van der Waals surface area contributed by atoms with E-state index in [2.05, 4.69) is 20.5 Å². The Balaban J connectivity index is 1.44. The number of hydrogen-bond acceptors (Lipinski definition) is 3. The van der Waals surface area contributed by atoms with Crippen LogP contribution < -0.4 is 10.6 Å². The molecule has 1 aliphatic carbocycles. The van der Waals surface area contributed by atoms with Crippen LogP contribution in [0.15, 0.2) is 4.99 Å². The van der Waals surface area contributed by atoms with E-state index in [1.54, 1.807) is 0 Å². The van der Waals surface area contributed by atoms with Crippen molar-refractivity contribution in [2.45, 2.75) is 70.3 Å². The van der Waals surface area contributed by atoms with Gasteiger partial charge < -0.3 is 20.3 Å². The minimum Gasteiger partial charge on any atom is -0.376 e. The Labute approximate surface area is 148 Å². The van der Waals surface area contributed by atoms with Gasteiger partial charge in [0.05, 0.1) is 12.7 Å². The summed E-state index contributed by atoms with van der Waals surface area (Å²) < 4.78 is 6.01. The average Bonchev–Trinajstić information content (AvgIpc) is 2.98. The fourth-order valence-corrected chi connectivity index (χ4v) is 3.70. The summed E-state index contributed by atoms with van der Waals surface area (Å²) in [4.78, 5) is 6.87. The Morgan fingerprint density at radius 1 is 0.958 bits per heavy atom. The number of unbranched alkanes of at least 4 members (excludes halogenated alkanes) is 1. The van der Waals surface area contributed by atoms with Gasteiger partial charge in [-0.25, -0.2) is 0 Å². The number of nitrogens with zero attached hydrogens (tertiary/aromatic N) is 2. The Hall–Kier alpha value is -0.810. The molecule has 0 bridgehead atoms. The Morgan fingerprint density at radius 2 is 1.67 bits per heavy atom. The maximum Gasteiger partial charge on any atom is 0.191 e. The van der Waals surface area contributed by atoms with Crippen molar-refractivity contribution in [2.75, 3.05) is 46.4 Å². The molecule has 0 spiro atoms. The molecule has 1 heterocycles. The van der Waals surface area contributed by atoms with Crippen molar-refractivity contribution < 1.29 is 4.74 Å². The molecule has 1 saturated carbocycles. The lowest BCUT2D eigenvalue weighted by Gasteiger charge is -2.17. The highest BCUT2D eigenvalue weighted by atomic mass is 16.5. The number of likely N-dealkylation sites (tertiary alicyclic amines) is 1. The second-order valence-electron chi connectivity index (χ2n) is 7.17. The molecule has 24 heavy (non-hydrogen) atoms. The molecule has 2 rings (SSSR count). The largest absolute Gasteiger partial charge is 0.376 e. The molecule has 2 aliphatic rings. The lowest BCUT2D eigenvalue weighted by Crippen LogP contribution is -2.39. The van der Waals surface area contributed by atoms with E-state index in [0.29, 0.717) is 6.10 Å². The number of ether oxygens (including phenoxy) is 1. The van der Waals surface area contributed by atoms with Gasteiger partial charge >= 0.3 is 0 Å². The standard InChI is InChI=1S/C19H38N4O/c1-20-19(21-12-6-7-14-23-15-8-9-16-23)22-13-17-24-18-10-4-2-3-5-11-18/h18H,2-17H2,1H3,(H2,20,21,22). The van der Waals surface area contributed by atoms with Crippen LogP contribution in [0.4, 0.5) is 0 Å². The van der Waals surface area contributed by atoms with Gasteiger partial charge in [0.25, 0.3) is 0 Å². The lowest BCUT2D eigenvalue weighted by atomic mass is 10.1. The van der Waals surface area contributed by atoms with Crippen LogP contribution in [-0.4, -0.2) is 63.3 Å². The van der Waals surface area contributed by atoms with E-state index < -0.39 is 0 Å². The molecule has 0 aromatic rings. The van der Waals surface area contributed by atoms with E-state index in [9.17, 15) is 0 Å². The van der Waals surface area contributed by atoms with Crippen molar-refractivity contribution in [1.82, 2.24) is 15.5 Å². The summed E-state index contributed by atoms with van der Waals surface area (Å²) in [6.07, 6.45) is 13.6. The summed E-state index contributed by atoms with van der Waals surface area (Å²) in [5.74, 6) is 0.903. The Morgan fingerprint density at radius 3 is 2.38 bits per heavy atom. The van der Waals surface area contributed by atoms with Gasteiger partial charge in [-0.05, 0) is 58.2 Å². The molecule has 0 aromatic carbocycles. The zero-order chi connectivity index (χ0) is 16.9. The normalized spacial score (nSPS) is 21.0. The summed E-state index contributed by atoms with van der Waals surface area (Å²) in [5, 5.41) is 6.77. The van der Waals surface area contributed by atoms with E-state index in [0.717, 1.165) is 25.7 Å². The third kappa shape index (κ3) is 8.34. The van der Waals surface area contributed by atoms with Gasteiger partial charge in [0, 0.05) is 20.1 Å². The van der Waals surface area contributed by atoms with Crippen LogP contribution >= 0.6 is 0 Å². The van der Waals surface area contributed by atoms with Crippen molar-refractivity contribution in [2.24, 2.45) is 4.99 Å². The van der Waals surface area contributed by atoms with Gasteiger partial charge in [-0.15, -0.1) is 0 Å². The average molecular weight is 339 g/mol. The van der Waals surface area contributed by atoms with Crippen LogP contribution in [-0.2, 0) is 4.74 Å². The van der Waals surface area contributed by atoms with Crippen molar-refractivity contribution in [3.63, 3.8) is 0 Å². The number of aliphatic imine (C=N–C) groups is 1. The van der Waals surface area contributed by atoms with E-state index >= 15 is 0 Å². The first-order chi connectivity index (χ1) is 11.9. The molecule has 0 radical (unpaired) electrons. The van der Waals surface area contributed by atoms with Gasteiger partial charge in [-0.2, -0.15) is 0 Å². The Bertz CT molecular complexity index is 334. The predicted octanol–water partition coefficient (Wildman–Crippen LogP) is 2.77. The topological polar surface area (TPSA) is 48.9 Å². The van der Waals surface area contributed by atoms with Gasteiger partial charge in [-0.1, -0.05) is 25.7 Å². The maximum atomic E-state index is 6.01. The number of rotatable bonds is 9. The molecule has 5 heteroatoms. The molecule has 140 valence electrons. The van der Waals surface area contributed by atoms with Crippen LogP contribution in [0, 0.1) is 0 Å². The second kappa shape index (κ2) is 12.5. The summed E-state index contributed by atoms with van der Waals surface area (Å²) >= 11 is 0. The molecular formula is C19H38N4O. The second-order valence-corrected chi connectivity index (χ2v) is 7.17. The zero-order valence-corrected chi connectivity index (χ0v) is 15.7. The molecule has 1 aliphatic heterocycles. The van der Waals surface area contributed by atoms with E-state index in [-0.39, 0.29) is 0 Å². The molecular weight excluding hydrogens is 300 g/mol. The lowest BCUT2D eigenvalue weighted by molar-refractivity contribution is 0.0468. The number of nitrogens with one attached hydrogen (secondary N) is 2. The fraction of sp³-hybridized carbons (Fsp3) is 0.947. The molecule has 0 unspecified atom stereocenters. The minimum absolute atomic E-state index is 0.481. The monoisotopic (exact) mass is 338 g/mol. The van der Waals surface area contributed by atoms with Crippen LogP contribution in [0.25, 0.3) is 0 Å². The molecule has 5 nitrogen and oxygen atoms in total. The third-order valence-electron chi connectivity index (χ3n) is 5.17. The minimum atomic E-state index is 0.481. The quantitative estimate of drug-likeness (QED) is 0.294. The summed E-state index contributed by atoms with van der Waals surface area (Å²) in [7, 11) is 1.84. The first kappa shape index (κ1) is 19.5. The Kier molecular flexibility index (Phi) is 10.2. The van der Waals surface area contributed by atoms with Crippen molar-refractivity contribution in [3.8, 4) is 0 Å². The van der Waals surface area contributed by atoms with Crippen LogP contribution in [0.5, 0.6) is 0 Å². The highest BCUT2D eigenvalue weighted by molar-refractivity contribution is 5.79. The molecule has 2 fully saturated rings. The van der Waals surface area contributed by atoms with Crippen molar-refractivity contribution in [1.29, 1.82) is 0 Å². The van der Waals surface area contributed by atoms with E-state index in [4.69, 9.17) is 4.74 Å². The summed E-state index contributed by atoms with van der Waals surface area (Å²) in [6, 6.07) is 0. The first-order valence-electron chi connectivity index (χ1n) is 10.2. The molecule has 1 saturated heterocycles. The molecule has 0 atom stereocenters. The van der Waals surface area contributed by atoms with Crippen molar-refractivity contribution in [3.05, 3.63) is 0 Å². The molecule has 0 aromatic heterocycles. The van der Waals surface area contributed by atoms with Gasteiger partial charge in [0.1, 0.15) is 0 Å². The van der Waals surface area contributed by atoms with Gasteiger partial charge in [0.15, 0.2) is 5.96 Å². The summed E-state index contributed by atoms with van der Waals surface area (Å²) in [6.45, 7) is 6.47. The third-order valence-corrected chi connectivity index (χ3v) is 5.17. The maximum absolute atomic E-state index is 6.01. The molecule has 0 amide bonds. The van der Waals surface area contributed by atoms with Crippen molar-refractivity contribution >= 4 is 5.96 Å². The predicted molar refractivity (Wildman–Crippen MR) is 102 cm³/mol. The smallest absolute Gasteiger partial charge is 0.191 e.